The van der Waals surface area contributed by atoms with E-state index in [-0.39, 0.29) is 7.43 Å². The molecule has 0 aromatic heterocycles. The van der Waals surface area contributed by atoms with Crippen LogP contribution < -0.4 is 0 Å². The van der Waals surface area contributed by atoms with E-state index in [9.17, 15) is 0 Å². The van der Waals surface area contributed by atoms with Gasteiger partial charge in [-0.25, -0.2) is 0 Å². The second-order valence-electron chi connectivity index (χ2n) is 3.98. The molecule has 1 heteroatoms. The Labute approximate surface area is 152 Å². The van der Waals surface area contributed by atoms with Crippen molar-refractivity contribution in [2.45, 2.75) is 35.1 Å². The SMILES string of the molecule is C.C=C/C=C\C(=C/C)P(/C(C=C)=C/C=C)C(/C=C\C=C)=C/C.CC. The molecule has 0 bridgehead atoms. The van der Waals surface area contributed by atoms with Crippen molar-refractivity contribution >= 4 is 7.92 Å². The van der Waals surface area contributed by atoms with Gasteiger partial charge in [-0.05, 0) is 37.7 Å². The summed E-state index contributed by atoms with van der Waals surface area (Å²) in [7, 11) is -0.655. The number of hydrogen-bond acceptors (Lipinski definition) is 0. The molecule has 0 unspecified atom stereocenters. The molecule has 0 radical (unpaired) electrons. The van der Waals surface area contributed by atoms with Gasteiger partial charge < -0.3 is 0 Å². The van der Waals surface area contributed by atoms with Gasteiger partial charge in [0.1, 0.15) is 0 Å². The molecule has 0 N–H and O–H groups in total. The van der Waals surface area contributed by atoms with E-state index >= 15 is 0 Å². The molecule has 0 atom stereocenters. The van der Waals surface area contributed by atoms with Gasteiger partial charge in [0.25, 0.3) is 0 Å². The van der Waals surface area contributed by atoms with Gasteiger partial charge in [-0.1, -0.05) is 114 Å². The molecule has 0 nitrogen and oxygen atoms in total. The molecular weight excluding hydrogens is 307 g/mol. The van der Waals surface area contributed by atoms with E-state index in [1.165, 1.54) is 15.9 Å². The number of hydrogen-bond donors (Lipinski definition) is 0. The summed E-state index contributed by atoms with van der Waals surface area (Å²) in [5.41, 5.74) is 0. The van der Waals surface area contributed by atoms with Crippen LogP contribution >= 0.6 is 7.92 Å². The predicted molar refractivity (Wildman–Crippen MR) is 120 cm³/mol. The molecule has 0 fully saturated rings. The van der Waals surface area contributed by atoms with Crippen molar-refractivity contribution in [3.63, 3.8) is 0 Å². The highest BCUT2D eigenvalue weighted by Gasteiger charge is 2.17. The molecule has 0 rings (SSSR count). The van der Waals surface area contributed by atoms with Gasteiger partial charge in [0, 0.05) is 0 Å². The van der Waals surface area contributed by atoms with Gasteiger partial charge in [0.15, 0.2) is 0 Å². The largest absolute Gasteiger partial charge is 0.0991 e. The highest BCUT2D eigenvalue weighted by Crippen LogP contribution is 2.60. The third-order valence-electron chi connectivity index (χ3n) is 2.67. The first-order valence-corrected chi connectivity index (χ1v) is 9.20. The van der Waals surface area contributed by atoms with Gasteiger partial charge in [0.05, 0.1) is 0 Å². The Hall–Kier alpha value is -1.91. The standard InChI is InChI=1S/C20H25P.C2H6.CH4/c1-7-13-16-19(11-5)21(18(10-4)15-9-3)20(12-6)17-14-8-2;1-2;/h7-17H,1-4H2,5-6H3;1-2H3;1H4/b16-13-,17-14-,18-15+,19-11+,20-12+;;. The molecular formula is C23H35P. The Kier molecular flexibility index (Phi) is 21.5. The van der Waals surface area contributed by atoms with Crippen LogP contribution in [0.2, 0.25) is 0 Å². The van der Waals surface area contributed by atoms with Crippen LogP contribution in [-0.4, -0.2) is 0 Å². The van der Waals surface area contributed by atoms with Crippen molar-refractivity contribution in [1.29, 1.82) is 0 Å². The second-order valence-corrected chi connectivity index (χ2v) is 6.20. The molecule has 0 aromatic rings. The van der Waals surface area contributed by atoms with Crippen LogP contribution in [0.4, 0.5) is 0 Å². The third-order valence-corrected chi connectivity index (χ3v) is 5.37. The van der Waals surface area contributed by atoms with Crippen LogP contribution in [0.25, 0.3) is 0 Å². The number of allylic oxidation sites excluding steroid dienone is 14. The van der Waals surface area contributed by atoms with Crippen LogP contribution in [0.5, 0.6) is 0 Å². The van der Waals surface area contributed by atoms with E-state index in [0.717, 1.165) is 0 Å². The fourth-order valence-electron chi connectivity index (χ4n) is 1.73. The van der Waals surface area contributed by atoms with E-state index in [4.69, 9.17) is 0 Å². The fraction of sp³-hybridized carbons (Fsp3) is 0.217. The maximum Gasteiger partial charge on any atom is -0.0141 e. The maximum absolute atomic E-state index is 3.95. The van der Waals surface area contributed by atoms with Crippen LogP contribution in [0.3, 0.4) is 0 Å². The Balaban J connectivity index is -0.00000141. The third kappa shape index (κ3) is 9.98. The Morgan fingerprint density at radius 2 is 1.12 bits per heavy atom. The topological polar surface area (TPSA) is 0 Å². The Morgan fingerprint density at radius 3 is 1.38 bits per heavy atom. The summed E-state index contributed by atoms with van der Waals surface area (Å²) < 4.78 is 0. The normalized spacial score (nSPS) is 13.6. The van der Waals surface area contributed by atoms with Gasteiger partial charge >= 0.3 is 0 Å². The smallest absolute Gasteiger partial charge is 0.0141 e. The predicted octanol–water partition coefficient (Wildman–Crippen LogP) is 8.68. The molecule has 0 amide bonds. The van der Waals surface area contributed by atoms with Gasteiger partial charge in [-0.15, -0.1) is 0 Å². The zero-order valence-electron chi connectivity index (χ0n) is 15.1. The minimum Gasteiger partial charge on any atom is -0.0991 e. The van der Waals surface area contributed by atoms with Crippen LogP contribution in [0, 0.1) is 0 Å². The van der Waals surface area contributed by atoms with E-state index in [1.54, 1.807) is 18.2 Å². The summed E-state index contributed by atoms with van der Waals surface area (Å²) in [5.74, 6) is 0. The summed E-state index contributed by atoms with van der Waals surface area (Å²) in [4.78, 5) is 0. The molecule has 132 valence electrons. The van der Waals surface area contributed by atoms with Crippen LogP contribution in [-0.2, 0) is 0 Å². The van der Waals surface area contributed by atoms with Gasteiger partial charge in [-0.3, -0.25) is 0 Å². The lowest BCUT2D eigenvalue weighted by Crippen LogP contribution is -1.86. The lowest BCUT2D eigenvalue weighted by Gasteiger charge is -2.21. The summed E-state index contributed by atoms with van der Waals surface area (Å²) in [6.45, 7) is 23.3. The summed E-state index contributed by atoms with van der Waals surface area (Å²) in [6, 6.07) is 0. The Bertz CT molecular complexity index is 488. The van der Waals surface area contributed by atoms with E-state index in [2.05, 4.69) is 64.5 Å². The second kappa shape index (κ2) is 19.1. The molecule has 0 aliphatic carbocycles. The summed E-state index contributed by atoms with van der Waals surface area (Å²) in [6.07, 6.45) is 21.7. The van der Waals surface area contributed by atoms with Crippen molar-refractivity contribution in [2.75, 3.05) is 0 Å². The zero-order valence-corrected chi connectivity index (χ0v) is 16.0. The lowest BCUT2D eigenvalue weighted by atomic mass is 10.4. The monoisotopic (exact) mass is 342 g/mol. The molecule has 0 saturated heterocycles. The molecule has 0 spiro atoms. The average molecular weight is 343 g/mol. The fourth-order valence-corrected chi connectivity index (χ4v) is 4.05. The quantitative estimate of drug-likeness (QED) is 0.290. The van der Waals surface area contributed by atoms with Gasteiger partial charge in [0.2, 0.25) is 0 Å². The van der Waals surface area contributed by atoms with Crippen molar-refractivity contribution in [1.82, 2.24) is 0 Å². The molecule has 0 aromatic carbocycles. The summed E-state index contributed by atoms with van der Waals surface area (Å²) >= 11 is 0. The van der Waals surface area contributed by atoms with Crippen molar-refractivity contribution in [3.8, 4) is 0 Å². The highest BCUT2D eigenvalue weighted by molar-refractivity contribution is 7.71. The van der Waals surface area contributed by atoms with E-state index < -0.39 is 7.92 Å². The van der Waals surface area contributed by atoms with Crippen molar-refractivity contribution < 1.29 is 0 Å². The Morgan fingerprint density at radius 1 is 0.708 bits per heavy atom. The maximum atomic E-state index is 3.95. The molecule has 0 heterocycles. The van der Waals surface area contributed by atoms with Gasteiger partial charge in [-0.2, -0.15) is 0 Å². The first-order chi connectivity index (χ1) is 11.2. The van der Waals surface area contributed by atoms with Crippen molar-refractivity contribution in [3.05, 3.63) is 109 Å². The number of rotatable bonds is 9. The van der Waals surface area contributed by atoms with E-state index in [0.29, 0.717) is 0 Å². The van der Waals surface area contributed by atoms with E-state index in [1.807, 2.05) is 38.2 Å². The lowest BCUT2D eigenvalue weighted by molar-refractivity contribution is 1.50. The zero-order chi connectivity index (χ0) is 18.1. The van der Waals surface area contributed by atoms with Crippen LogP contribution in [0.15, 0.2) is 109 Å². The van der Waals surface area contributed by atoms with Crippen molar-refractivity contribution in [2.24, 2.45) is 0 Å². The molecule has 0 aliphatic heterocycles. The summed E-state index contributed by atoms with van der Waals surface area (Å²) in [5, 5.41) is 3.67. The highest BCUT2D eigenvalue weighted by atomic mass is 31.1. The first-order valence-electron chi connectivity index (χ1n) is 7.86. The molecule has 0 aliphatic rings. The average Bonchev–Trinajstić information content (AvgIpc) is 2.60. The molecule has 0 saturated carbocycles. The molecule has 24 heavy (non-hydrogen) atoms. The van der Waals surface area contributed by atoms with Crippen LogP contribution in [0.1, 0.15) is 35.1 Å². The minimum absolute atomic E-state index is 0. The minimum atomic E-state index is -0.655. The first kappa shape index (κ1) is 27.0.